The Morgan fingerprint density at radius 2 is 2.22 bits per heavy atom. The third-order valence-electron chi connectivity index (χ3n) is 3.16. The number of anilines is 1. The average molecular weight is 290 g/mol. The minimum absolute atomic E-state index is 0.0225. The molecule has 1 aliphatic rings. The van der Waals surface area contributed by atoms with E-state index in [0.717, 1.165) is 0 Å². The summed E-state index contributed by atoms with van der Waals surface area (Å²) < 4.78 is 23.0. The summed E-state index contributed by atoms with van der Waals surface area (Å²) in [4.78, 5) is 10.4. The molecule has 7 heteroatoms. The molecule has 0 aromatic carbocycles. The third-order valence-corrected chi connectivity index (χ3v) is 5.11. The Kier molecular flexibility index (Phi) is 3.77. The summed E-state index contributed by atoms with van der Waals surface area (Å²) in [5, 5.41) is 0.393. The number of aryl methyl sites for hydroxylation is 1. The second kappa shape index (κ2) is 5.01. The molecule has 1 aromatic rings. The van der Waals surface area contributed by atoms with Gasteiger partial charge in [0.1, 0.15) is 16.8 Å². The number of aromatic nitrogens is 2. The van der Waals surface area contributed by atoms with Gasteiger partial charge < -0.3 is 4.90 Å². The molecule has 0 saturated carbocycles. The number of halogens is 1. The highest BCUT2D eigenvalue weighted by Gasteiger charge is 2.31. The molecule has 0 bridgehead atoms. The molecule has 1 aromatic heterocycles. The van der Waals surface area contributed by atoms with Crippen LogP contribution in [0.2, 0.25) is 5.15 Å². The normalized spacial score (nSPS) is 22.1. The number of rotatable bonds is 3. The molecule has 0 spiro atoms. The fourth-order valence-corrected chi connectivity index (χ4v) is 4.03. The second-order valence-corrected chi connectivity index (χ2v) is 7.10. The largest absolute Gasteiger partial charge is 0.355 e. The minimum atomic E-state index is -2.89. The van der Waals surface area contributed by atoms with Gasteiger partial charge in [-0.05, 0) is 6.42 Å². The van der Waals surface area contributed by atoms with Gasteiger partial charge in [0.15, 0.2) is 9.84 Å². The van der Waals surface area contributed by atoms with Gasteiger partial charge in [-0.2, -0.15) is 0 Å². The maximum Gasteiger partial charge on any atom is 0.152 e. The Morgan fingerprint density at radius 1 is 1.50 bits per heavy atom. The summed E-state index contributed by atoms with van der Waals surface area (Å²) in [6.45, 7) is 1.95. The first kappa shape index (κ1) is 13.5. The quantitative estimate of drug-likeness (QED) is 0.785. The van der Waals surface area contributed by atoms with E-state index in [1.54, 1.807) is 6.07 Å². The standard InChI is InChI=1S/C11H16ClN3O2S/c1-3-10-13-9(12)6-11(14-10)15(2)8-4-5-18(16,17)7-8/h6,8H,3-5,7H2,1-2H3. The smallest absolute Gasteiger partial charge is 0.152 e. The van der Waals surface area contributed by atoms with Crippen LogP contribution in [-0.2, 0) is 16.3 Å². The van der Waals surface area contributed by atoms with Gasteiger partial charge in [0.2, 0.25) is 0 Å². The number of nitrogens with zero attached hydrogens (tertiary/aromatic N) is 3. The van der Waals surface area contributed by atoms with Gasteiger partial charge in [-0.1, -0.05) is 18.5 Å². The van der Waals surface area contributed by atoms with Crippen molar-refractivity contribution in [2.45, 2.75) is 25.8 Å². The molecule has 100 valence electrons. The molecule has 0 N–H and O–H groups in total. The third kappa shape index (κ3) is 2.92. The zero-order chi connectivity index (χ0) is 13.3. The van der Waals surface area contributed by atoms with Gasteiger partial charge in [-0.15, -0.1) is 0 Å². The van der Waals surface area contributed by atoms with Crippen LogP contribution in [0.25, 0.3) is 0 Å². The van der Waals surface area contributed by atoms with Crippen molar-refractivity contribution < 1.29 is 8.42 Å². The fraction of sp³-hybridized carbons (Fsp3) is 0.636. The van der Waals surface area contributed by atoms with Crippen molar-refractivity contribution in [3.63, 3.8) is 0 Å². The molecule has 1 atom stereocenters. The molecule has 0 amide bonds. The zero-order valence-corrected chi connectivity index (χ0v) is 12.0. The molecule has 2 heterocycles. The lowest BCUT2D eigenvalue weighted by Gasteiger charge is -2.24. The van der Waals surface area contributed by atoms with Crippen molar-refractivity contribution in [3.05, 3.63) is 17.0 Å². The van der Waals surface area contributed by atoms with E-state index in [1.807, 2.05) is 18.9 Å². The van der Waals surface area contributed by atoms with Crippen LogP contribution in [0.5, 0.6) is 0 Å². The molecule has 1 saturated heterocycles. The van der Waals surface area contributed by atoms with E-state index < -0.39 is 9.84 Å². The molecular weight excluding hydrogens is 274 g/mol. The van der Waals surface area contributed by atoms with E-state index in [-0.39, 0.29) is 17.5 Å². The van der Waals surface area contributed by atoms with E-state index >= 15 is 0 Å². The molecule has 18 heavy (non-hydrogen) atoms. The summed E-state index contributed by atoms with van der Waals surface area (Å²) in [6, 6.07) is 1.65. The SMILES string of the molecule is CCc1nc(Cl)cc(N(C)C2CCS(=O)(=O)C2)n1. The van der Waals surface area contributed by atoms with Crippen LogP contribution in [0, 0.1) is 0 Å². The Hall–Kier alpha value is -0.880. The van der Waals surface area contributed by atoms with Crippen molar-refractivity contribution in [1.82, 2.24) is 9.97 Å². The predicted octanol–water partition coefficient (Wildman–Crippen LogP) is 1.32. The summed E-state index contributed by atoms with van der Waals surface area (Å²) in [5.74, 6) is 1.80. The Morgan fingerprint density at radius 3 is 2.78 bits per heavy atom. The van der Waals surface area contributed by atoms with E-state index in [0.29, 0.717) is 29.6 Å². The molecule has 1 fully saturated rings. The minimum Gasteiger partial charge on any atom is -0.355 e. The molecule has 0 radical (unpaired) electrons. The maximum absolute atomic E-state index is 11.5. The van der Waals surface area contributed by atoms with Gasteiger partial charge >= 0.3 is 0 Å². The van der Waals surface area contributed by atoms with Crippen LogP contribution in [0.15, 0.2) is 6.07 Å². The second-order valence-electron chi connectivity index (χ2n) is 4.49. The average Bonchev–Trinajstić information content (AvgIpc) is 2.67. The van der Waals surface area contributed by atoms with Gasteiger partial charge in [0, 0.05) is 25.6 Å². The van der Waals surface area contributed by atoms with Gasteiger partial charge in [-0.25, -0.2) is 18.4 Å². The Balaban J connectivity index is 2.23. The zero-order valence-electron chi connectivity index (χ0n) is 10.4. The highest BCUT2D eigenvalue weighted by Crippen LogP contribution is 2.23. The first-order chi connectivity index (χ1) is 8.41. The van der Waals surface area contributed by atoms with Crippen LogP contribution in [0.1, 0.15) is 19.2 Å². The highest BCUT2D eigenvalue weighted by atomic mass is 35.5. The molecule has 2 rings (SSSR count). The first-order valence-electron chi connectivity index (χ1n) is 5.88. The molecule has 1 aliphatic heterocycles. The van der Waals surface area contributed by atoms with Crippen molar-refractivity contribution >= 4 is 27.3 Å². The summed E-state index contributed by atoms with van der Waals surface area (Å²) in [5.41, 5.74) is 0. The van der Waals surface area contributed by atoms with E-state index in [1.165, 1.54) is 0 Å². The molecule has 5 nitrogen and oxygen atoms in total. The summed E-state index contributed by atoms with van der Waals surface area (Å²) >= 11 is 5.94. The van der Waals surface area contributed by atoms with E-state index in [4.69, 9.17) is 11.6 Å². The maximum atomic E-state index is 11.5. The fourth-order valence-electron chi connectivity index (χ4n) is 2.06. The summed E-state index contributed by atoms with van der Waals surface area (Å²) in [7, 11) is -1.04. The van der Waals surface area contributed by atoms with E-state index in [9.17, 15) is 8.42 Å². The van der Waals surface area contributed by atoms with Gasteiger partial charge in [0.05, 0.1) is 11.5 Å². The lowest BCUT2D eigenvalue weighted by atomic mass is 10.2. The number of sulfone groups is 1. The first-order valence-corrected chi connectivity index (χ1v) is 8.08. The van der Waals surface area contributed by atoms with Crippen LogP contribution >= 0.6 is 11.6 Å². The summed E-state index contributed by atoms with van der Waals surface area (Å²) in [6.07, 6.45) is 1.34. The van der Waals surface area contributed by atoms with Gasteiger partial charge in [0.25, 0.3) is 0 Å². The number of hydrogen-bond acceptors (Lipinski definition) is 5. The van der Waals surface area contributed by atoms with Crippen molar-refractivity contribution in [2.75, 3.05) is 23.5 Å². The van der Waals surface area contributed by atoms with Crippen LogP contribution in [0.4, 0.5) is 5.82 Å². The molecular formula is C11H16ClN3O2S. The Labute approximate surface area is 112 Å². The lowest BCUT2D eigenvalue weighted by molar-refractivity contribution is 0.600. The topological polar surface area (TPSA) is 63.2 Å². The van der Waals surface area contributed by atoms with Gasteiger partial charge in [-0.3, -0.25) is 0 Å². The van der Waals surface area contributed by atoms with Crippen LogP contribution < -0.4 is 4.90 Å². The van der Waals surface area contributed by atoms with Crippen LogP contribution in [0.3, 0.4) is 0 Å². The predicted molar refractivity (Wildman–Crippen MR) is 71.9 cm³/mol. The van der Waals surface area contributed by atoms with E-state index in [2.05, 4.69) is 9.97 Å². The van der Waals surface area contributed by atoms with Crippen LogP contribution in [-0.4, -0.2) is 43.0 Å². The molecule has 1 unspecified atom stereocenters. The Bertz CT molecular complexity index is 547. The molecule has 0 aliphatic carbocycles. The van der Waals surface area contributed by atoms with Crippen molar-refractivity contribution in [2.24, 2.45) is 0 Å². The number of hydrogen-bond donors (Lipinski definition) is 0. The lowest BCUT2D eigenvalue weighted by Crippen LogP contribution is -2.33. The monoisotopic (exact) mass is 289 g/mol. The highest BCUT2D eigenvalue weighted by molar-refractivity contribution is 7.91. The van der Waals surface area contributed by atoms with Crippen molar-refractivity contribution in [3.8, 4) is 0 Å². The van der Waals surface area contributed by atoms with Crippen molar-refractivity contribution in [1.29, 1.82) is 0 Å².